The van der Waals surface area contributed by atoms with E-state index in [0.29, 0.717) is 5.88 Å². The molecule has 3 nitrogen and oxygen atoms in total. The van der Waals surface area contributed by atoms with E-state index in [4.69, 9.17) is 4.74 Å². The SMILES string of the molecule is CCCc1ccc(Oc2ncc(Br)cc2CNCC)cc1. The van der Waals surface area contributed by atoms with E-state index >= 15 is 0 Å². The Kier molecular flexibility index (Phi) is 6.21. The maximum absolute atomic E-state index is 5.92. The second kappa shape index (κ2) is 8.15. The molecule has 0 atom stereocenters. The summed E-state index contributed by atoms with van der Waals surface area (Å²) in [6.07, 6.45) is 4.01. The van der Waals surface area contributed by atoms with Gasteiger partial charge in [0.2, 0.25) is 5.88 Å². The van der Waals surface area contributed by atoms with E-state index in [1.165, 1.54) is 5.56 Å². The van der Waals surface area contributed by atoms with E-state index < -0.39 is 0 Å². The van der Waals surface area contributed by atoms with Crippen LogP contribution in [0.5, 0.6) is 11.6 Å². The molecule has 0 amide bonds. The van der Waals surface area contributed by atoms with Gasteiger partial charge in [0.1, 0.15) is 5.75 Å². The van der Waals surface area contributed by atoms with E-state index in [9.17, 15) is 0 Å². The molecule has 1 heterocycles. The predicted octanol–water partition coefficient (Wildman–Crippen LogP) is 4.70. The van der Waals surface area contributed by atoms with Gasteiger partial charge >= 0.3 is 0 Å². The van der Waals surface area contributed by atoms with E-state index in [1.807, 2.05) is 18.2 Å². The number of aromatic nitrogens is 1. The van der Waals surface area contributed by atoms with Crippen molar-refractivity contribution in [2.45, 2.75) is 33.2 Å². The molecule has 0 saturated heterocycles. The molecule has 4 heteroatoms. The van der Waals surface area contributed by atoms with Crippen LogP contribution in [0.25, 0.3) is 0 Å². The maximum Gasteiger partial charge on any atom is 0.223 e. The van der Waals surface area contributed by atoms with Crippen LogP contribution in [0.2, 0.25) is 0 Å². The van der Waals surface area contributed by atoms with E-state index in [2.05, 4.69) is 52.2 Å². The molecule has 2 rings (SSSR count). The summed E-state index contributed by atoms with van der Waals surface area (Å²) in [6.45, 7) is 5.92. The van der Waals surface area contributed by atoms with E-state index in [0.717, 1.165) is 41.7 Å². The van der Waals surface area contributed by atoms with Crippen molar-refractivity contribution in [1.29, 1.82) is 0 Å². The molecule has 0 fully saturated rings. The molecule has 0 unspecified atom stereocenters. The van der Waals surface area contributed by atoms with Crippen LogP contribution < -0.4 is 10.1 Å². The normalized spacial score (nSPS) is 10.6. The van der Waals surface area contributed by atoms with Gasteiger partial charge in [-0.3, -0.25) is 0 Å². The van der Waals surface area contributed by atoms with Gasteiger partial charge in [0.25, 0.3) is 0 Å². The molecule has 0 aliphatic heterocycles. The largest absolute Gasteiger partial charge is 0.439 e. The number of nitrogens with zero attached hydrogens (tertiary/aromatic N) is 1. The third kappa shape index (κ3) is 4.83. The minimum atomic E-state index is 0.655. The van der Waals surface area contributed by atoms with Crippen LogP contribution in [-0.4, -0.2) is 11.5 Å². The summed E-state index contributed by atoms with van der Waals surface area (Å²) < 4.78 is 6.88. The highest BCUT2D eigenvalue weighted by atomic mass is 79.9. The zero-order chi connectivity index (χ0) is 15.1. The Bertz CT molecular complexity index is 570. The first-order valence-corrected chi connectivity index (χ1v) is 8.14. The number of halogens is 1. The summed E-state index contributed by atoms with van der Waals surface area (Å²) in [5, 5.41) is 3.30. The fraction of sp³-hybridized carbons (Fsp3) is 0.353. The molecular weight excluding hydrogens is 328 g/mol. The highest BCUT2D eigenvalue weighted by Crippen LogP contribution is 2.26. The number of nitrogens with one attached hydrogen (secondary N) is 1. The third-order valence-corrected chi connectivity index (χ3v) is 3.57. The van der Waals surface area contributed by atoms with Gasteiger partial charge in [-0.05, 0) is 52.7 Å². The van der Waals surface area contributed by atoms with Crippen LogP contribution in [0.4, 0.5) is 0 Å². The lowest BCUT2D eigenvalue weighted by molar-refractivity contribution is 0.453. The van der Waals surface area contributed by atoms with Crippen molar-refractivity contribution >= 4 is 15.9 Å². The van der Waals surface area contributed by atoms with Crippen molar-refractivity contribution in [2.75, 3.05) is 6.54 Å². The lowest BCUT2D eigenvalue weighted by Gasteiger charge is -2.11. The standard InChI is InChI=1S/C17H21BrN2O/c1-3-5-13-6-8-16(9-7-13)21-17-14(11-19-4-2)10-15(18)12-20-17/h6-10,12,19H,3-5,11H2,1-2H3. The van der Waals surface area contributed by atoms with Crippen molar-refractivity contribution in [3.8, 4) is 11.6 Å². The van der Waals surface area contributed by atoms with E-state index in [-0.39, 0.29) is 0 Å². The molecule has 1 aromatic carbocycles. The Balaban J connectivity index is 2.14. The Morgan fingerprint density at radius 1 is 1.19 bits per heavy atom. The van der Waals surface area contributed by atoms with Gasteiger partial charge in [0.05, 0.1) is 0 Å². The zero-order valence-electron chi connectivity index (χ0n) is 12.5. The van der Waals surface area contributed by atoms with Gasteiger partial charge in [0.15, 0.2) is 0 Å². The summed E-state index contributed by atoms with van der Waals surface area (Å²) >= 11 is 3.45. The lowest BCUT2D eigenvalue weighted by atomic mass is 10.1. The monoisotopic (exact) mass is 348 g/mol. The van der Waals surface area contributed by atoms with Gasteiger partial charge in [-0.25, -0.2) is 4.98 Å². The molecule has 1 N–H and O–H groups in total. The topological polar surface area (TPSA) is 34.1 Å². The molecule has 112 valence electrons. The third-order valence-electron chi connectivity index (χ3n) is 3.13. The summed E-state index contributed by atoms with van der Waals surface area (Å²) in [5.74, 6) is 1.48. The summed E-state index contributed by atoms with van der Waals surface area (Å²) in [6, 6.07) is 10.3. The second-order valence-electron chi connectivity index (χ2n) is 4.89. The summed E-state index contributed by atoms with van der Waals surface area (Å²) in [5.41, 5.74) is 2.38. The van der Waals surface area contributed by atoms with Gasteiger partial charge in [-0.2, -0.15) is 0 Å². The van der Waals surface area contributed by atoms with Crippen molar-refractivity contribution in [2.24, 2.45) is 0 Å². The molecule has 0 aliphatic carbocycles. The summed E-state index contributed by atoms with van der Waals surface area (Å²) in [7, 11) is 0. The number of ether oxygens (including phenoxy) is 1. The second-order valence-corrected chi connectivity index (χ2v) is 5.81. The zero-order valence-corrected chi connectivity index (χ0v) is 14.1. The predicted molar refractivity (Wildman–Crippen MR) is 89.8 cm³/mol. The van der Waals surface area contributed by atoms with Crippen LogP contribution in [0, 0.1) is 0 Å². The summed E-state index contributed by atoms with van der Waals surface area (Å²) in [4.78, 5) is 4.38. The Hall–Kier alpha value is -1.39. The molecular formula is C17H21BrN2O. The van der Waals surface area contributed by atoms with Crippen LogP contribution in [-0.2, 0) is 13.0 Å². The molecule has 0 bridgehead atoms. The van der Waals surface area contributed by atoms with Gasteiger partial charge in [-0.15, -0.1) is 0 Å². The minimum Gasteiger partial charge on any atom is -0.439 e. The van der Waals surface area contributed by atoms with Crippen LogP contribution in [0.1, 0.15) is 31.4 Å². The Labute approximate surface area is 134 Å². The quantitative estimate of drug-likeness (QED) is 0.787. The Morgan fingerprint density at radius 3 is 2.62 bits per heavy atom. The number of pyridine rings is 1. The van der Waals surface area contributed by atoms with Gasteiger partial charge in [-0.1, -0.05) is 32.4 Å². The van der Waals surface area contributed by atoms with Gasteiger partial charge < -0.3 is 10.1 Å². The van der Waals surface area contributed by atoms with Crippen molar-refractivity contribution in [1.82, 2.24) is 10.3 Å². The van der Waals surface area contributed by atoms with E-state index in [1.54, 1.807) is 6.20 Å². The van der Waals surface area contributed by atoms with Crippen LogP contribution in [0.3, 0.4) is 0 Å². The molecule has 0 radical (unpaired) electrons. The van der Waals surface area contributed by atoms with Crippen molar-refractivity contribution in [3.05, 3.63) is 52.1 Å². The minimum absolute atomic E-state index is 0.655. The fourth-order valence-electron chi connectivity index (χ4n) is 2.07. The average molecular weight is 349 g/mol. The van der Waals surface area contributed by atoms with Gasteiger partial charge in [0, 0.05) is 22.8 Å². The Morgan fingerprint density at radius 2 is 1.95 bits per heavy atom. The van der Waals surface area contributed by atoms with Crippen LogP contribution in [0.15, 0.2) is 41.0 Å². The van der Waals surface area contributed by atoms with Crippen molar-refractivity contribution in [3.63, 3.8) is 0 Å². The number of rotatable bonds is 7. The molecule has 0 saturated carbocycles. The lowest BCUT2D eigenvalue weighted by Crippen LogP contribution is -2.12. The highest BCUT2D eigenvalue weighted by molar-refractivity contribution is 9.10. The fourth-order valence-corrected chi connectivity index (χ4v) is 2.45. The number of hydrogen-bond donors (Lipinski definition) is 1. The van der Waals surface area contributed by atoms with Crippen LogP contribution >= 0.6 is 15.9 Å². The smallest absolute Gasteiger partial charge is 0.223 e. The first kappa shape index (κ1) is 16.0. The molecule has 1 aromatic heterocycles. The number of benzene rings is 1. The number of aryl methyl sites for hydroxylation is 1. The molecule has 0 spiro atoms. The first-order valence-electron chi connectivity index (χ1n) is 7.34. The number of hydrogen-bond acceptors (Lipinski definition) is 3. The highest BCUT2D eigenvalue weighted by Gasteiger charge is 2.07. The molecule has 21 heavy (non-hydrogen) atoms. The molecule has 0 aliphatic rings. The molecule has 2 aromatic rings. The first-order chi connectivity index (χ1) is 10.2. The average Bonchev–Trinajstić information content (AvgIpc) is 2.49. The van der Waals surface area contributed by atoms with Crippen molar-refractivity contribution < 1.29 is 4.74 Å². The maximum atomic E-state index is 5.92.